The van der Waals surface area contributed by atoms with E-state index < -0.39 is 5.97 Å². The highest BCUT2D eigenvalue weighted by atomic mass is 16.6. The fourth-order valence-electron chi connectivity index (χ4n) is 0.842. The number of ether oxygens (including phenoxy) is 3. The lowest BCUT2D eigenvalue weighted by molar-refractivity contribution is -0.148. The molecule has 0 rings (SSSR count). The van der Waals surface area contributed by atoms with Crippen molar-refractivity contribution in [2.45, 2.75) is 46.8 Å². The highest BCUT2D eigenvalue weighted by molar-refractivity contribution is 5.66. The van der Waals surface area contributed by atoms with Crippen LogP contribution >= 0.6 is 0 Å². The molecule has 20 heavy (non-hydrogen) atoms. The van der Waals surface area contributed by atoms with Gasteiger partial charge in [0.15, 0.2) is 0 Å². The maximum absolute atomic E-state index is 10.3. The van der Waals surface area contributed by atoms with Gasteiger partial charge in [0.1, 0.15) is 6.10 Å². The van der Waals surface area contributed by atoms with Gasteiger partial charge in [-0.05, 0) is 20.8 Å². The largest absolute Gasteiger partial charge is 0.481 e. The Morgan fingerprint density at radius 1 is 1.15 bits per heavy atom. The van der Waals surface area contributed by atoms with Crippen LogP contribution in [0.25, 0.3) is 0 Å². The molecule has 2 atom stereocenters. The van der Waals surface area contributed by atoms with Gasteiger partial charge >= 0.3 is 5.97 Å². The van der Waals surface area contributed by atoms with E-state index in [-0.39, 0.29) is 18.2 Å². The van der Waals surface area contributed by atoms with Crippen molar-refractivity contribution in [1.29, 1.82) is 0 Å². The van der Waals surface area contributed by atoms with Gasteiger partial charge < -0.3 is 24.4 Å². The summed E-state index contributed by atoms with van der Waals surface area (Å²) in [5.41, 5.74) is 0. The first-order valence-electron chi connectivity index (χ1n) is 6.28. The predicted molar refractivity (Wildman–Crippen MR) is 74.6 cm³/mol. The molecule has 0 aromatic carbocycles. The summed E-state index contributed by atoms with van der Waals surface area (Å²) in [6.07, 6.45) is -0.451. The molecule has 0 aliphatic carbocycles. The molecule has 7 heteroatoms. The number of methoxy groups -OCH3 is 1. The van der Waals surface area contributed by atoms with Crippen LogP contribution in [0.3, 0.4) is 0 Å². The lowest BCUT2D eigenvalue weighted by atomic mass is 10.4. The van der Waals surface area contributed by atoms with Crippen molar-refractivity contribution < 1.29 is 34.0 Å². The molecule has 0 saturated carbocycles. The molecule has 0 spiro atoms. The van der Waals surface area contributed by atoms with Crippen LogP contribution in [-0.2, 0) is 23.8 Å². The number of carboxylic acid groups (broad SMARTS) is 1. The standard InChI is InChI=1S/C7H14O3.C4H10O2.C2H4O2/c1-4-9-5-6(2)10-7(3)8;1-4(5)3-6-2;1-2(3)4/h6H,4-5H2,1-3H3;4-5H,3H2,1-2H3;1H3,(H,3,4). The Kier molecular flexibility index (Phi) is 21.3. The van der Waals surface area contributed by atoms with Gasteiger partial charge in [0.25, 0.3) is 5.97 Å². The van der Waals surface area contributed by atoms with Crippen molar-refractivity contribution in [2.75, 3.05) is 26.9 Å². The van der Waals surface area contributed by atoms with Crippen molar-refractivity contribution in [3.63, 3.8) is 0 Å². The zero-order valence-corrected chi connectivity index (χ0v) is 13.2. The zero-order valence-electron chi connectivity index (χ0n) is 13.2. The van der Waals surface area contributed by atoms with Crippen molar-refractivity contribution in [3.05, 3.63) is 0 Å². The van der Waals surface area contributed by atoms with Crippen LogP contribution in [0.2, 0.25) is 0 Å². The quantitative estimate of drug-likeness (QED) is 0.707. The van der Waals surface area contributed by atoms with Gasteiger partial charge in [-0.15, -0.1) is 0 Å². The van der Waals surface area contributed by atoms with Crippen molar-refractivity contribution in [1.82, 2.24) is 0 Å². The topological polar surface area (TPSA) is 102 Å². The molecule has 122 valence electrons. The molecule has 0 saturated heterocycles. The van der Waals surface area contributed by atoms with E-state index in [4.69, 9.17) is 24.5 Å². The molecular formula is C13H28O7. The molecule has 0 aliphatic heterocycles. The second-order valence-electron chi connectivity index (χ2n) is 3.90. The Hall–Kier alpha value is -1.18. The van der Waals surface area contributed by atoms with Gasteiger partial charge in [-0.2, -0.15) is 0 Å². The van der Waals surface area contributed by atoms with E-state index in [1.807, 2.05) is 6.92 Å². The molecule has 7 nitrogen and oxygen atoms in total. The number of aliphatic hydroxyl groups is 1. The highest BCUT2D eigenvalue weighted by Gasteiger charge is 2.03. The third kappa shape index (κ3) is 43.7. The zero-order chi connectivity index (χ0) is 16.6. The summed E-state index contributed by atoms with van der Waals surface area (Å²) < 4.78 is 14.4. The molecule has 0 aromatic rings. The highest BCUT2D eigenvalue weighted by Crippen LogP contribution is 1.91. The summed E-state index contributed by atoms with van der Waals surface area (Å²) in [5, 5.41) is 15.8. The minimum Gasteiger partial charge on any atom is -0.481 e. The van der Waals surface area contributed by atoms with Gasteiger partial charge in [-0.25, -0.2) is 0 Å². The molecule has 0 radical (unpaired) electrons. The first-order valence-corrected chi connectivity index (χ1v) is 6.28. The molecule has 0 fully saturated rings. The van der Waals surface area contributed by atoms with E-state index in [1.165, 1.54) is 6.92 Å². The number of esters is 1. The van der Waals surface area contributed by atoms with E-state index >= 15 is 0 Å². The van der Waals surface area contributed by atoms with Crippen molar-refractivity contribution >= 4 is 11.9 Å². The lowest BCUT2D eigenvalue weighted by Gasteiger charge is -2.10. The Bertz CT molecular complexity index is 225. The van der Waals surface area contributed by atoms with Crippen LogP contribution in [0, 0.1) is 0 Å². The number of aliphatic carboxylic acids is 1. The molecular weight excluding hydrogens is 268 g/mol. The Morgan fingerprint density at radius 2 is 1.60 bits per heavy atom. The normalized spacial score (nSPS) is 11.9. The molecule has 2 unspecified atom stereocenters. The number of rotatable bonds is 6. The van der Waals surface area contributed by atoms with E-state index in [1.54, 1.807) is 21.0 Å². The number of hydrogen-bond acceptors (Lipinski definition) is 6. The number of carbonyl (C=O) groups excluding carboxylic acids is 1. The third-order valence-corrected chi connectivity index (χ3v) is 1.33. The average molecular weight is 296 g/mol. The summed E-state index contributed by atoms with van der Waals surface area (Å²) in [6.45, 7) is 9.44. The number of carbonyl (C=O) groups is 2. The average Bonchev–Trinajstić information content (AvgIpc) is 2.25. The van der Waals surface area contributed by atoms with E-state index in [2.05, 4.69) is 4.74 Å². The minimum absolute atomic E-state index is 0.127. The number of carboxylic acids is 1. The Morgan fingerprint density at radius 3 is 1.80 bits per heavy atom. The summed E-state index contributed by atoms with van der Waals surface area (Å²) in [5.74, 6) is -1.09. The smallest absolute Gasteiger partial charge is 0.302 e. The molecule has 0 bridgehead atoms. The van der Waals surface area contributed by atoms with Gasteiger partial charge in [-0.1, -0.05) is 0 Å². The molecule has 0 aromatic heterocycles. The van der Waals surface area contributed by atoms with E-state index in [0.717, 1.165) is 6.92 Å². The van der Waals surface area contributed by atoms with Gasteiger partial charge in [0.05, 0.1) is 19.3 Å². The van der Waals surface area contributed by atoms with E-state index in [0.29, 0.717) is 19.8 Å². The second kappa shape index (κ2) is 17.8. The van der Waals surface area contributed by atoms with Gasteiger partial charge in [-0.3, -0.25) is 9.59 Å². The third-order valence-electron chi connectivity index (χ3n) is 1.33. The van der Waals surface area contributed by atoms with Gasteiger partial charge in [0.2, 0.25) is 0 Å². The first kappa shape index (κ1) is 23.9. The summed E-state index contributed by atoms with van der Waals surface area (Å²) in [6, 6.07) is 0. The van der Waals surface area contributed by atoms with Crippen molar-refractivity contribution in [3.8, 4) is 0 Å². The Labute approximate surface area is 120 Å². The van der Waals surface area contributed by atoms with Crippen LogP contribution < -0.4 is 0 Å². The summed E-state index contributed by atoms with van der Waals surface area (Å²) in [4.78, 5) is 19.3. The van der Waals surface area contributed by atoms with Crippen LogP contribution in [0.1, 0.15) is 34.6 Å². The number of hydrogen-bond donors (Lipinski definition) is 2. The summed E-state index contributed by atoms with van der Waals surface area (Å²) in [7, 11) is 1.56. The Balaban J connectivity index is -0.000000246. The molecule has 0 heterocycles. The lowest BCUT2D eigenvalue weighted by Crippen LogP contribution is -2.18. The van der Waals surface area contributed by atoms with Crippen LogP contribution in [0.15, 0.2) is 0 Å². The maximum Gasteiger partial charge on any atom is 0.302 e. The van der Waals surface area contributed by atoms with Crippen LogP contribution in [-0.4, -0.2) is 61.3 Å². The van der Waals surface area contributed by atoms with E-state index in [9.17, 15) is 4.79 Å². The maximum atomic E-state index is 10.3. The first-order chi connectivity index (χ1) is 9.17. The monoisotopic (exact) mass is 296 g/mol. The second-order valence-corrected chi connectivity index (χ2v) is 3.90. The van der Waals surface area contributed by atoms with Gasteiger partial charge in [0, 0.05) is 27.6 Å². The minimum atomic E-state index is -0.833. The molecule has 0 amide bonds. The van der Waals surface area contributed by atoms with Crippen LogP contribution in [0.4, 0.5) is 0 Å². The van der Waals surface area contributed by atoms with Crippen LogP contribution in [0.5, 0.6) is 0 Å². The summed E-state index contributed by atoms with van der Waals surface area (Å²) >= 11 is 0. The SMILES string of the molecule is CC(=O)O.CCOCC(C)OC(C)=O.COCC(C)O. The number of aliphatic hydroxyl groups excluding tert-OH is 1. The van der Waals surface area contributed by atoms with Crippen molar-refractivity contribution in [2.24, 2.45) is 0 Å². The fraction of sp³-hybridized carbons (Fsp3) is 0.846. The molecule has 2 N–H and O–H groups in total. The molecule has 0 aliphatic rings. The fourth-order valence-corrected chi connectivity index (χ4v) is 0.842. The predicted octanol–water partition coefficient (Wildman–Crippen LogP) is 1.08.